The fourth-order valence-electron chi connectivity index (χ4n) is 1.98. The van der Waals surface area contributed by atoms with Gasteiger partial charge in [-0.15, -0.1) is 0 Å². The van der Waals surface area contributed by atoms with Crippen LogP contribution in [0.15, 0.2) is 23.3 Å². The van der Waals surface area contributed by atoms with Crippen molar-refractivity contribution >= 4 is 11.6 Å². The van der Waals surface area contributed by atoms with Crippen molar-refractivity contribution in [2.75, 3.05) is 0 Å². The molecule has 0 unspecified atom stereocenters. The van der Waals surface area contributed by atoms with Crippen molar-refractivity contribution in [3.05, 3.63) is 23.3 Å². The van der Waals surface area contributed by atoms with E-state index in [-0.39, 0.29) is 11.6 Å². The molecular weight excluding hydrogens is 188 g/mol. The zero-order chi connectivity index (χ0) is 11.6. The van der Waals surface area contributed by atoms with E-state index in [9.17, 15) is 9.59 Å². The summed E-state index contributed by atoms with van der Waals surface area (Å²) in [6, 6.07) is 0. The molecule has 0 spiro atoms. The lowest BCUT2D eigenvalue weighted by Crippen LogP contribution is -2.30. The van der Waals surface area contributed by atoms with Crippen LogP contribution in [0.25, 0.3) is 0 Å². The summed E-state index contributed by atoms with van der Waals surface area (Å²) in [5, 5.41) is 0. The smallest absolute Gasteiger partial charge is 0.152 e. The van der Waals surface area contributed by atoms with Crippen molar-refractivity contribution in [2.24, 2.45) is 5.41 Å². The minimum absolute atomic E-state index is 0.0177. The Labute approximate surface area is 91.1 Å². The Morgan fingerprint density at radius 2 is 1.93 bits per heavy atom. The van der Waals surface area contributed by atoms with Crippen molar-refractivity contribution in [1.29, 1.82) is 0 Å². The summed E-state index contributed by atoms with van der Waals surface area (Å²) in [6.07, 6.45) is 4.78. The highest BCUT2D eigenvalue weighted by Gasteiger charge is 2.34. The maximum atomic E-state index is 11.8. The van der Waals surface area contributed by atoms with Gasteiger partial charge in [0.25, 0.3) is 0 Å². The van der Waals surface area contributed by atoms with Crippen LogP contribution in [0.5, 0.6) is 0 Å². The van der Waals surface area contributed by atoms with Crippen molar-refractivity contribution in [3.63, 3.8) is 0 Å². The Balaban J connectivity index is 3.10. The van der Waals surface area contributed by atoms with Crippen LogP contribution in [-0.4, -0.2) is 11.6 Å². The van der Waals surface area contributed by atoms with Gasteiger partial charge in [-0.25, -0.2) is 0 Å². The van der Waals surface area contributed by atoms with E-state index in [1.807, 2.05) is 20.8 Å². The molecule has 2 nitrogen and oxygen atoms in total. The van der Waals surface area contributed by atoms with Gasteiger partial charge in [0.1, 0.15) is 5.78 Å². The largest absolute Gasteiger partial charge is 0.299 e. The van der Waals surface area contributed by atoms with E-state index in [2.05, 4.69) is 0 Å². The highest BCUT2D eigenvalue weighted by Crippen LogP contribution is 2.38. The van der Waals surface area contributed by atoms with Gasteiger partial charge >= 0.3 is 0 Å². The monoisotopic (exact) mass is 206 g/mol. The molecule has 0 radical (unpaired) electrons. The molecule has 15 heavy (non-hydrogen) atoms. The fourth-order valence-corrected chi connectivity index (χ4v) is 1.98. The van der Waals surface area contributed by atoms with Crippen LogP contribution in [0.2, 0.25) is 0 Å². The van der Waals surface area contributed by atoms with E-state index in [4.69, 9.17) is 0 Å². The topological polar surface area (TPSA) is 34.1 Å². The van der Waals surface area contributed by atoms with Crippen molar-refractivity contribution in [1.82, 2.24) is 0 Å². The lowest BCUT2D eigenvalue weighted by molar-refractivity contribution is -0.125. The molecule has 82 valence electrons. The Morgan fingerprint density at radius 3 is 2.47 bits per heavy atom. The average molecular weight is 206 g/mol. The van der Waals surface area contributed by atoms with Gasteiger partial charge in [-0.2, -0.15) is 0 Å². The molecule has 0 saturated carbocycles. The molecule has 0 aromatic carbocycles. The molecule has 0 heterocycles. The SMILES string of the molecule is CC(=O)/C=C/C1=C(C)CCC(=O)C1(C)C. The lowest BCUT2D eigenvalue weighted by Gasteiger charge is -2.31. The van der Waals surface area contributed by atoms with E-state index in [0.29, 0.717) is 6.42 Å². The maximum Gasteiger partial charge on any atom is 0.152 e. The van der Waals surface area contributed by atoms with Gasteiger partial charge in [-0.1, -0.05) is 11.6 Å². The fraction of sp³-hybridized carbons (Fsp3) is 0.538. The zero-order valence-electron chi connectivity index (χ0n) is 9.89. The molecule has 1 aliphatic rings. The number of Topliss-reactive ketones (excluding diaryl/α,β-unsaturated/α-hetero) is 1. The predicted octanol–water partition coefficient (Wildman–Crippen LogP) is 2.84. The number of carbonyl (C=O) groups excluding carboxylic acids is 2. The summed E-state index contributed by atoms with van der Waals surface area (Å²) in [7, 11) is 0. The number of hydrogen-bond acceptors (Lipinski definition) is 2. The van der Waals surface area contributed by atoms with Gasteiger partial charge in [0.15, 0.2) is 5.78 Å². The van der Waals surface area contributed by atoms with Gasteiger partial charge in [0.05, 0.1) is 0 Å². The average Bonchev–Trinajstić information content (AvgIpc) is 2.11. The van der Waals surface area contributed by atoms with Gasteiger partial charge in [-0.3, -0.25) is 9.59 Å². The first-order valence-corrected chi connectivity index (χ1v) is 5.28. The van der Waals surface area contributed by atoms with Crippen LogP contribution in [0, 0.1) is 5.41 Å². The summed E-state index contributed by atoms with van der Waals surface area (Å²) < 4.78 is 0. The summed E-state index contributed by atoms with van der Waals surface area (Å²) in [5.74, 6) is 0.278. The predicted molar refractivity (Wildman–Crippen MR) is 60.5 cm³/mol. The van der Waals surface area contributed by atoms with Crippen molar-refractivity contribution in [2.45, 2.75) is 40.5 Å². The zero-order valence-corrected chi connectivity index (χ0v) is 9.89. The Hall–Kier alpha value is -1.18. The standard InChI is InChI=1S/C13H18O2/c1-9-5-8-12(15)13(3,4)11(9)7-6-10(2)14/h6-7H,5,8H2,1-4H3/b7-6+. The molecule has 0 bridgehead atoms. The summed E-state index contributed by atoms with van der Waals surface area (Å²) >= 11 is 0. The highest BCUT2D eigenvalue weighted by atomic mass is 16.1. The van der Waals surface area contributed by atoms with Gasteiger partial charge in [0.2, 0.25) is 0 Å². The van der Waals surface area contributed by atoms with Gasteiger partial charge in [-0.05, 0) is 45.8 Å². The number of allylic oxidation sites excluding steroid dienone is 4. The first-order chi connectivity index (χ1) is 6.85. The summed E-state index contributed by atoms with van der Waals surface area (Å²) in [6.45, 7) is 7.41. The van der Waals surface area contributed by atoms with E-state index < -0.39 is 5.41 Å². The molecule has 1 aliphatic carbocycles. The number of hydrogen-bond donors (Lipinski definition) is 0. The normalized spacial score (nSPS) is 21.2. The summed E-state index contributed by atoms with van der Waals surface area (Å²) in [5.41, 5.74) is 1.79. The molecule has 0 aromatic rings. The van der Waals surface area contributed by atoms with Crippen LogP contribution < -0.4 is 0 Å². The molecule has 0 atom stereocenters. The number of ketones is 2. The Kier molecular flexibility index (Phi) is 3.28. The molecular formula is C13H18O2. The first kappa shape index (κ1) is 11.9. The molecule has 0 amide bonds. The second-order valence-electron chi connectivity index (χ2n) is 4.69. The molecule has 1 rings (SSSR count). The number of carbonyl (C=O) groups is 2. The van der Waals surface area contributed by atoms with Crippen molar-refractivity contribution < 1.29 is 9.59 Å². The van der Waals surface area contributed by atoms with Crippen molar-refractivity contribution in [3.8, 4) is 0 Å². The van der Waals surface area contributed by atoms with Crippen LogP contribution in [0.1, 0.15) is 40.5 Å². The molecule has 0 aromatic heterocycles. The first-order valence-electron chi connectivity index (χ1n) is 5.28. The minimum Gasteiger partial charge on any atom is -0.299 e. The minimum atomic E-state index is -0.436. The summed E-state index contributed by atoms with van der Waals surface area (Å²) in [4.78, 5) is 22.7. The van der Waals surface area contributed by atoms with E-state index in [0.717, 1.165) is 12.0 Å². The third-order valence-corrected chi connectivity index (χ3v) is 3.04. The second-order valence-corrected chi connectivity index (χ2v) is 4.69. The van der Waals surface area contributed by atoms with Crippen LogP contribution >= 0.6 is 0 Å². The number of rotatable bonds is 2. The lowest BCUT2D eigenvalue weighted by atomic mass is 9.71. The molecule has 0 saturated heterocycles. The van der Waals surface area contributed by atoms with Crippen LogP contribution in [-0.2, 0) is 9.59 Å². The quantitative estimate of drug-likeness (QED) is 0.651. The van der Waals surface area contributed by atoms with E-state index in [1.165, 1.54) is 12.5 Å². The Morgan fingerprint density at radius 1 is 1.33 bits per heavy atom. The van der Waals surface area contributed by atoms with Crippen LogP contribution in [0.3, 0.4) is 0 Å². The molecule has 2 heteroatoms. The highest BCUT2D eigenvalue weighted by molar-refractivity contribution is 5.91. The third-order valence-electron chi connectivity index (χ3n) is 3.04. The third kappa shape index (κ3) is 2.44. The maximum absolute atomic E-state index is 11.8. The van der Waals surface area contributed by atoms with E-state index in [1.54, 1.807) is 12.2 Å². The Bertz CT molecular complexity index is 357. The van der Waals surface area contributed by atoms with Gasteiger partial charge in [0, 0.05) is 11.8 Å². The van der Waals surface area contributed by atoms with Gasteiger partial charge < -0.3 is 0 Å². The van der Waals surface area contributed by atoms with Crippen LogP contribution in [0.4, 0.5) is 0 Å². The second kappa shape index (κ2) is 4.13. The van der Waals surface area contributed by atoms with E-state index >= 15 is 0 Å². The molecule has 0 fully saturated rings. The molecule has 0 aliphatic heterocycles. The molecule has 0 N–H and O–H groups in total.